The van der Waals surface area contributed by atoms with E-state index in [2.05, 4.69) is 41.6 Å². The molecule has 1 aliphatic carbocycles. The highest BCUT2D eigenvalue weighted by Crippen LogP contribution is 2.28. The summed E-state index contributed by atoms with van der Waals surface area (Å²) in [5.74, 6) is 0.674. The van der Waals surface area contributed by atoms with Crippen molar-refractivity contribution in [3.63, 3.8) is 0 Å². The van der Waals surface area contributed by atoms with Crippen LogP contribution in [0.3, 0.4) is 0 Å². The summed E-state index contributed by atoms with van der Waals surface area (Å²) >= 11 is 1.77. The molecule has 0 spiro atoms. The summed E-state index contributed by atoms with van der Waals surface area (Å²) in [5, 5.41) is 5.09. The van der Waals surface area contributed by atoms with Gasteiger partial charge in [0, 0.05) is 24.0 Å². The van der Waals surface area contributed by atoms with Crippen molar-refractivity contribution in [2.45, 2.75) is 39.3 Å². The molecule has 100 valence electrons. The number of hydrogen-bond acceptors (Lipinski definition) is 3. The number of thiophene rings is 1. The molecule has 1 amide bonds. The van der Waals surface area contributed by atoms with Gasteiger partial charge in [-0.3, -0.25) is 9.69 Å². The zero-order valence-electron chi connectivity index (χ0n) is 11.2. The number of amides is 1. The Labute approximate surface area is 113 Å². The van der Waals surface area contributed by atoms with Gasteiger partial charge in [-0.15, -0.1) is 11.3 Å². The molecule has 0 saturated heterocycles. The summed E-state index contributed by atoms with van der Waals surface area (Å²) < 4.78 is 0. The molecule has 2 rings (SSSR count). The summed E-state index contributed by atoms with van der Waals surface area (Å²) in [5.41, 5.74) is 0. The van der Waals surface area contributed by atoms with Crippen LogP contribution >= 0.6 is 11.3 Å². The lowest BCUT2D eigenvalue weighted by atomic mass is 10.2. The molecule has 1 N–H and O–H groups in total. The molecular weight excluding hydrogens is 244 g/mol. The van der Waals surface area contributed by atoms with Crippen molar-refractivity contribution in [1.29, 1.82) is 0 Å². The van der Waals surface area contributed by atoms with Crippen molar-refractivity contribution in [2.24, 2.45) is 5.92 Å². The highest BCUT2D eigenvalue weighted by atomic mass is 32.1. The molecule has 0 bridgehead atoms. The Morgan fingerprint density at radius 1 is 1.56 bits per heavy atom. The number of nitrogens with zero attached hydrogens (tertiary/aromatic N) is 1. The molecule has 1 heterocycles. The second kappa shape index (κ2) is 6.34. The molecule has 0 radical (unpaired) electrons. The van der Waals surface area contributed by atoms with Crippen LogP contribution in [0.1, 0.15) is 31.6 Å². The molecule has 1 fully saturated rings. The van der Waals surface area contributed by atoms with E-state index in [0.717, 1.165) is 13.1 Å². The van der Waals surface area contributed by atoms with E-state index in [4.69, 9.17) is 0 Å². The normalized spacial score (nSPS) is 15.3. The minimum Gasteiger partial charge on any atom is -0.355 e. The molecule has 18 heavy (non-hydrogen) atoms. The predicted molar refractivity (Wildman–Crippen MR) is 75.6 cm³/mol. The lowest BCUT2D eigenvalue weighted by Crippen LogP contribution is -2.39. The van der Waals surface area contributed by atoms with Gasteiger partial charge >= 0.3 is 0 Å². The van der Waals surface area contributed by atoms with Crippen LogP contribution in [0, 0.1) is 5.92 Å². The van der Waals surface area contributed by atoms with E-state index in [-0.39, 0.29) is 5.91 Å². The fourth-order valence-electron chi connectivity index (χ4n) is 1.91. The van der Waals surface area contributed by atoms with Crippen LogP contribution in [0.25, 0.3) is 0 Å². The Balaban J connectivity index is 1.81. The average Bonchev–Trinajstić information content (AvgIpc) is 3.05. The Hall–Kier alpha value is -0.870. The second-order valence-corrected chi connectivity index (χ2v) is 6.45. The van der Waals surface area contributed by atoms with Gasteiger partial charge in [0.05, 0.1) is 6.54 Å². The van der Waals surface area contributed by atoms with E-state index < -0.39 is 0 Å². The van der Waals surface area contributed by atoms with Crippen LogP contribution in [0.15, 0.2) is 17.5 Å². The Kier molecular flexibility index (Phi) is 4.78. The van der Waals surface area contributed by atoms with E-state index in [9.17, 15) is 4.79 Å². The molecule has 0 atom stereocenters. The monoisotopic (exact) mass is 266 g/mol. The average molecular weight is 266 g/mol. The number of carbonyl (C=O) groups excluding carboxylic acids is 1. The van der Waals surface area contributed by atoms with E-state index >= 15 is 0 Å². The molecule has 1 aromatic rings. The van der Waals surface area contributed by atoms with Gasteiger partial charge in [-0.25, -0.2) is 0 Å². The first-order valence-corrected chi connectivity index (χ1v) is 7.56. The Morgan fingerprint density at radius 3 is 2.89 bits per heavy atom. The molecule has 1 saturated carbocycles. The van der Waals surface area contributed by atoms with Gasteiger partial charge in [-0.1, -0.05) is 19.9 Å². The van der Waals surface area contributed by atoms with Crippen LogP contribution in [0.4, 0.5) is 0 Å². The van der Waals surface area contributed by atoms with Gasteiger partial charge in [0.25, 0.3) is 0 Å². The van der Waals surface area contributed by atoms with Crippen LogP contribution in [-0.2, 0) is 11.3 Å². The van der Waals surface area contributed by atoms with Crippen LogP contribution < -0.4 is 5.32 Å². The molecule has 0 aromatic carbocycles. The zero-order chi connectivity index (χ0) is 13.0. The van der Waals surface area contributed by atoms with Crippen molar-refractivity contribution in [2.75, 3.05) is 13.1 Å². The third kappa shape index (κ3) is 4.42. The first-order valence-electron chi connectivity index (χ1n) is 6.68. The van der Waals surface area contributed by atoms with Gasteiger partial charge < -0.3 is 5.32 Å². The highest BCUT2D eigenvalue weighted by Gasteiger charge is 2.30. The molecule has 3 nitrogen and oxygen atoms in total. The number of nitrogens with one attached hydrogen (secondary N) is 1. The smallest absolute Gasteiger partial charge is 0.234 e. The Bertz CT molecular complexity index is 371. The van der Waals surface area contributed by atoms with Gasteiger partial charge in [-0.05, 0) is 30.2 Å². The first-order chi connectivity index (χ1) is 8.65. The highest BCUT2D eigenvalue weighted by molar-refractivity contribution is 7.09. The molecule has 4 heteroatoms. The van der Waals surface area contributed by atoms with Crippen LogP contribution in [0.5, 0.6) is 0 Å². The second-order valence-electron chi connectivity index (χ2n) is 5.41. The minimum atomic E-state index is 0.159. The van der Waals surface area contributed by atoms with Gasteiger partial charge in [0.1, 0.15) is 0 Å². The minimum absolute atomic E-state index is 0.159. The van der Waals surface area contributed by atoms with Gasteiger partial charge in [0.2, 0.25) is 5.91 Å². The van der Waals surface area contributed by atoms with Crippen molar-refractivity contribution in [3.8, 4) is 0 Å². The van der Waals surface area contributed by atoms with Gasteiger partial charge in [-0.2, -0.15) is 0 Å². The summed E-state index contributed by atoms with van der Waals surface area (Å²) in [6.07, 6.45) is 2.48. The van der Waals surface area contributed by atoms with E-state index in [1.165, 1.54) is 17.7 Å². The summed E-state index contributed by atoms with van der Waals surface area (Å²) in [6, 6.07) is 4.84. The van der Waals surface area contributed by atoms with Crippen molar-refractivity contribution >= 4 is 17.2 Å². The number of hydrogen-bond donors (Lipinski definition) is 1. The largest absolute Gasteiger partial charge is 0.355 e. The van der Waals surface area contributed by atoms with E-state index in [0.29, 0.717) is 18.5 Å². The fraction of sp³-hybridized carbons (Fsp3) is 0.643. The van der Waals surface area contributed by atoms with Crippen LogP contribution in [0.2, 0.25) is 0 Å². The Morgan fingerprint density at radius 2 is 2.33 bits per heavy atom. The van der Waals surface area contributed by atoms with Crippen molar-refractivity contribution < 1.29 is 4.79 Å². The number of carbonyl (C=O) groups is 1. The maximum atomic E-state index is 11.9. The van der Waals surface area contributed by atoms with Crippen LogP contribution in [-0.4, -0.2) is 29.9 Å². The summed E-state index contributed by atoms with van der Waals surface area (Å²) in [6.45, 7) is 6.46. The fourth-order valence-corrected chi connectivity index (χ4v) is 2.64. The van der Waals surface area contributed by atoms with Gasteiger partial charge in [0.15, 0.2) is 0 Å². The maximum Gasteiger partial charge on any atom is 0.234 e. The SMILES string of the molecule is CC(C)CNC(=O)CN(Cc1cccs1)C1CC1. The molecule has 0 unspecified atom stereocenters. The summed E-state index contributed by atoms with van der Waals surface area (Å²) in [7, 11) is 0. The topological polar surface area (TPSA) is 32.3 Å². The van der Waals surface area contributed by atoms with E-state index in [1.807, 2.05) is 0 Å². The van der Waals surface area contributed by atoms with E-state index in [1.54, 1.807) is 11.3 Å². The third-order valence-corrected chi connectivity index (χ3v) is 3.92. The molecule has 1 aliphatic rings. The zero-order valence-corrected chi connectivity index (χ0v) is 12.0. The molecular formula is C14H22N2OS. The molecule has 0 aliphatic heterocycles. The predicted octanol–water partition coefficient (Wildman–Crippen LogP) is 2.48. The maximum absolute atomic E-state index is 11.9. The lowest BCUT2D eigenvalue weighted by Gasteiger charge is -2.21. The molecule has 1 aromatic heterocycles. The van der Waals surface area contributed by atoms with Crippen molar-refractivity contribution in [3.05, 3.63) is 22.4 Å². The first kappa shape index (κ1) is 13.6. The standard InChI is InChI=1S/C14H22N2OS/c1-11(2)8-15-14(17)10-16(12-5-6-12)9-13-4-3-7-18-13/h3-4,7,11-12H,5-6,8-10H2,1-2H3,(H,15,17). The third-order valence-electron chi connectivity index (χ3n) is 3.06. The summed E-state index contributed by atoms with van der Waals surface area (Å²) in [4.78, 5) is 15.5. The van der Waals surface area contributed by atoms with Crippen molar-refractivity contribution in [1.82, 2.24) is 10.2 Å². The lowest BCUT2D eigenvalue weighted by molar-refractivity contribution is -0.122. The quantitative estimate of drug-likeness (QED) is 0.822. The number of rotatable bonds is 7.